The molecule has 0 aliphatic heterocycles. The molecule has 17 heavy (non-hydrogen) atoms. The van der Waals surface area contributed by atoms with Gasteiger partial charge in [-0.05, 0) is 36.0 Å². The van der Waals surface area contributed by atoms with Crippen molar-refractivity contribution in [3.8, 4) is 5.75 Å². The number of aliphatic hydroxyl groups is 1. The van der Waals surface area contributed by atoms with Crippen LogP contribution in [0.25, 0.3) is 0 Å². The molecular formula is C13H16O4. The molecule has 92 valence electrons. The Morgan fingerprint density at radius 3 is 3.00 bits per heavy atom. The summed E-state index contributed by atoms with van der Waals surface area (Å²) in [6, 6.07) is 5.42. The quantitative estimate of drug-likeness (QED) is 0.839. The SMILES string of the molecule is C[C@@H]1CCc2c(OCC(=O)O)cccc2[C@H]1O. The molecule has 1 aromatic carbocycles. The van der Waals surface area contributed by atoms with Crippen LogP contribution in [0.1, 0.15) is 30.6 Å². The zero-order valence-corrected chi connectivity index (χ0v) is 9.72. The van der Waals surface area contributed by atoms with E-state index in [2.05, 4.69) is 0 Å². The number of aliphatic hydroxyl groups excluding tert-OH is 1. The smallest absolute Gasteiger partial charge is 0.341 e. The molecule has 4 heteroatoms. The maximum Gasteiger partial charge on any atom is 0.341 e. The summed E-state index contributed by atoms with van der Waals surface area (Å²) in [6.07, 6.45) is 1.23. The first kappa shape index (κ1) is 11.9. The van der Waals surface area contributed by atoms with Crippen molar-refractivity contribution in [2.45, 2.75) is 25.9 Å². The minimum atomic E-state index is -0.993. The highest BCUT2D eigenvalue weighted by molar-refractivity contribution is 5.68. The standard InChI is InChI=1S/C13H16O4/c1-8-5-6-9-10(13(8)16)3-2-4-11(9)17-7-12(14)15/h2-4,8,13,16H,5-7H2,1H3,(H,14,15)/t8-,13+/m1/s1. The molecule has 0 aromatic heterocycles. The van der Waals surface area contributed by atoms with Crippen molar-refractivity contribution in [1.29, 1.82) is 0 Å². The van der Waals surface area contributed by atoms with Crippen molar-refractivity contribution in [3.63, 3.8) is 0 Å². The first-order chi connectivity index (χ1) is 8.09. The molecule has 0 amide bonds. The van der Waals surface area contributed by atoms with Crippen molar-refractivity contribution in [2.24, 2.45) is 5.92 Å². The molecule has 0 heterocycles. The Kier molecular flexibility index (Phi) is 3.33. The number of carboxylic acid groups (broad SMARTS) is 1. The number of benzene rings is 1. The largest absolute Gasteiger partial charge is 0.482 e. The number of hydrogen-bond donors (Lipinski definition) is 2. The van der Waals surface area contributed by atoms with Crippen LogP contribution in [-0.4, -0.2) is 22.8 Å². The molecule has 2 N–H and O–H groups in total. The van der Waals surface area contributed by atoms with Crippen molar-refractivity contribution in [2.75, 3.05) is 6.61 Å². The fraction of sp³-hybridized carbons (Fsp3) is 0.462. The van der Waals surface area contributed by atoms with E-state index in [1.807, 2.05) is 13.0 Å². The van der Waals surface area contributed by atoms with E-state index in [1.165, 1.54) is 0 Å². The van der Waals surface area contributed by atoms with Crippen LogP contribution in [0, 0.1) is 5.92 Å². The van der Waals surface area contributed by atoms with Gasteiger partial charge in [0.05, 0.1) is 6.10 Å². The highest BCUT2D eigenvalue weighted by atomic mass is 16.5. The summed E-state index contributed by atoms with van der Waals surface area (Å²) >= 11 is 0. The minimum Gasteiger partial charge on any atom is -0.482 e. The molecule has 1 aliphatic carbocycles. The lowest BCUT2D eigenvalue weighted by atomic mass is 9.82. The Hall–Kier alpha value is -1.55. The Balaban J connectivity index is 2.27. The van der Waals surface area contributed by atoms with Gasteiger partial charge in [-0.25, -0.2) is 4.79 Å². The number of ether oxygens (including phenoxy) is 1. The van der Waals surface area contributed by atoms with Crippen molar-refractivity contribution >= 4 is 5.97 Å². The Morgan fingerprint density at radius 2 is 2.29 bits per heavy atom. The maximum atomic E-state index is 10.5. The van der Waals surface area contributed by atoms with Crippen molar-refractivity contribution in [1.82, 2.24) is 0 Å². The zero-order chi connectivity index (χ0) is 12.4. The lowest BCUT2D eigenvalue weighted by molar-refractivity contribution is -0.139. The summed E-state index contributed by atoms with van der Waals surface area (Å²) in [5, 5.41) is 18.7. The Labute approximate surface area is 99.8 Å². The predicted molar refractivity (Wildman–Crippen MR) is 62.0 cm³/mol. The molecule has 0 saturated carbocycles. The molecule has 2 atom stereocenters. The van der Waals surface area contributed by atoms with Crippen LogP contribution >= 0.6 is 0 Å². The Bertz CT molecular complexity index is 427. The molecule has 0 bridgehead atoms. The first-order valence-corrected chi connectivity index (χ1v) is 5.74. The number of aliphatic carboxylic acids is 1. The van der Waals surface area contributed by atoms with Gasteiger partial charge in [0.25, 0.3) is 0 Å². The van der Waals surface area contributed by atoms with Gasteiger partial charge in [-0.15, -0.1) is 0 Å². The van der Waals surface area contributed by atoms with Crippen LogP contribution in [-0.2, 0) is 11.2 Å². The van der Waals surface area contributed by atoms with Gasteiger partial charge in [0.2, 0.25) is 0 Å². The van der Waals surface area contributed by atoms with E-state index in [1.54, 1.807) is 12.1 Å². The molecule has 0 unspecified atom stereocenters. The second kappa shape index (κ2) is 4.75. The molecule has 0 fully saturated rings. The summed E-state index contributed by atoms with van der Waals surface area (Å²) in [5.74, 6) is -0.180. The molecule has 0 radical (unpaired) electrons. The van der Waals surface area contributed by atoms with E-state index in [9.17, 15) is 9.90 Å². The van der Waals surface area contributed by atoms with Crippen LogP contribution in [0.5, 0.6) is 5.75 Å². The average Bonchev–Trinajstić information content (AvgIpc) is 2.31. The summed E-state index contributed by atoms with van der Waals surface area (Å²) in [7, 11) is 0. The molecular weight excluding hydrogens is 220 g/mol. The highest BCUT2D eigenvalue weighted by Gasteiger charge is 2.26. The molecule has 0 spiro atoms. The second-order valence-corrected chi connectivity index (χ2v) is 4.47. The number of hydrogen-bond acceptors (Lipinski definition) is 3. The fourth-order valence-electron chi connectivity index (χ4n) is 2.24. The van der Waals surface area contributed by atoms with Gasteiger partial charge in [0.15, 0.2) is 6.61 Å². The maximum absolute atomic E-state index is 10.5. The Morgan fingerprint density at radius 1 is 1.53 bits per heavy atom. The molecule has 1 aromatic rings. The van der Waals surface area contributed by atoms with Gasteiger partial charge in [0, 0.05) is 0 Å². The summed E-state index contributed by atoms with van der Waals surface area (Å²) < 4.78 is 5.24. The second-order valence-electron chi connectivity index (χ2n) is 4.47. The van der Waals surface area contributed by atoms with Crippen LogP contribution in [0.3, 0.4) is 0 Å². The van der Waals surface area contributed by atoms with Crippen LogP contribution in [0.2, 0.25) is 0 Å². The van der Waals surface area contributed by atoms with Gasteiger partial charge in [-0.3, -0.25) is 0 Å². The number of rotatable bonds is 3. The normalized spacial score (nSPS) is 22.9. The topological polar surface area (TPSA) is 66.8 Å². The number of fused-ring (bicyclic) bond motifs is 1. The summed E-state index contributed by atoms with van der Waals surface area (Å²) in [6.45, 7) is 1.67. The molecule has 1 aliphatic rings. The predicted octanol–water partition coefficient (Wildman–Crippen LogP) is 1.77. The molecule has 0 saturated heterocycles. The van der Waals surface area contributed by atoms with Crippen molar-refractivity contribution in [3.05, 3.63) is 29.3 Å². The van der Waals surface area contributed by atoms with Crippen LogP contribution in [0.4, 0.5) is 0 Å². The van der Waals surface area contributed by atoms with Gasteiger partial charge in [-0.1, -0.05) is 19.1 Å². The van der Waals surface area contributed by atoms with Crippen LogP contribution < -0.4 is 4.74 Å². The van der Waals surface area contributed by atoms with E-state index >= 15 is 0 Å². The van der Waals surface area contributed by atoms with E-state index in [0.29, 0.717) is 5.75 Å². The summed E-state index contributed by atoms with van der Waals surface area (Å²) in [4.78, 5) is 10.5. The van der Waals surface area contributed by atoms with Crippen LogP contribution in [0.15, 0.2) is 18.2 Å². The lowest BCUT2D eigenvalue weighted by Crippen LogP contribution is -2.19. The van der Waals surface area contributed by atoms with E-state index in [-0.39, 0.29) is 12.5 Å². The number of carboxylic acids is 1. The van der Waals surface area contributed by atoms with Gasteiger partial charge in [-0.2, -0.15) is 0 Å². The molecule has 2 rings (SSSR count). The monoisotopic (exact) mass is 236 g/mol. The fourth-order valence-corrected chi connectivity index (χ4v) is 2.24. The third kappa shape index (κ3) is 2.42. The van der Waals surface area contributed by atoms with Crippen molar-refractivity contribution < 1.29 is 19.7 Å². The third-order valence-electron chi connectivity index (χ3n) is 3.23. The summed E-state index contributed by atoms with van der Waals surface area (Å²) in [5.41, 5.74) is 1.81. The first-order valence-electron chi connectivity index (χ1n) is 5.74. The average molecular weight is 236 g/mol. The van der Waals surface area contributed by atoms with Gasteiger partial charge >= 0.3 is 5.97 Å². The van der Waals surface area contributed by atoms with Gasteiger partial charge in [0.1, 0.15) is 5.75 Å². The lowest BCUT2D eigenvalue weighted by Gasteiger charge is -2.28. The van der Waals surface area contributed by atoms with E-state index in [0.717, 1.165) is 24.0 Å². The van der Waals surface area contributed by atoms with E-state index in [4.69, 9.17) is 9.84 Å². The zero-order valence-electron chi connectivity index (χ0n) is 9.72. The van der Waals surface area contributed by atoms with Gasteiger partial charge < -0.3 is 14.9 Å². The van der Waals surface area contributed by atoms with E-state index < -0.39 is 12.1 Å². The third-order valence-corrected chi connectivity index (χ3v) is 3.23. The molecule has 4 nitrogen and oxygen atoms in total. The minimum absolute atomic E-state index is 0.234. The number of carbonyl (C=O) groups is 1. The highest BCUT2D eigenvalue weighted by Crippen LogP contribution is 2.38.